The number of rotatable bonds is 3. The molecule has 0 bridgehead atoms. The summed E-state index contributed by atoms with van der Waals surface area (Å²) in [6.07, 6.45) is -2.93. The third-order valence-corrected chi connectivity index (χ3v) is 4.58. The first-order chi connectivity index (χ1) is 12.3. The highest BCUT2D eigenvalue weighted by molar-refractivity contribution is 6.32. The molecule has 4 rings (SSSR count). The minimum Gasteiger partial charge on any atom is -0.355 e. The Morgan fingerprint density at radius 1 is 1.31 bits per heavy atom. The van der Waals surface area contributed by atoms with Gasteiger partial charge in [-0.1, -0.05) is 11.6 Å². The maximum absolute atomic E-state index is 13.1. The van der Waals surface area contributed by atoms with Crippen molar-refractivity contribution >= 4 is 28.4 Å². The van der Waals surface area contributed by atoms with Crippen molar-refractivity contribution in [2.45, 2.75) is 25.1 Å². The fraction of sp³-hybridized carbons (Fsp3) is 0.294. The summed E-state index contributed by atoms with van der Waals surface area (Å²) in [5.41, 5.74) is 0.718. The maximum Gasteiger partial charge on any atom is 0.435 e. The largest absolute Gasteiger partial charge is 0.435 e. The van der Waals surface area contributed by atoms with Gasteiger partial charge >= 0.3 is 6.18 Å². The van der Waals surface area contributed by atoms with Crippen molar-refractivity contribution in [1.82, 2.24) is 20.1 Å². The molecule has 5 nitrogen and oxygen atoms in total. The molecular formula is C17H14ClF3N4O. The molecule has 1 saturated carbocycles. The third kappa shape index (κ3) is 2.84. The van der Waals surface area contributed by atoms with Crippen LogP contribution in [0.1, 0.15) is 34.9 Å². The van der Waals surface area contributed by atoms with E-state index in [1.165, 1.54) is 17.8 Å². The number of nitrogens with zero attached hydrogens (tertiary/aromatic N) is 2. The molecule has 0 aliphatic heterocycles. The van der Waals surface area contributed by atoms with Crippen molar-refractivity contribution < 1.29 is 18.0 Å². The van der Waals surface area contributed by atoms with E-state index in [0.29, 0.717) is 32.9 Å². The number of benzene rings is 1. The fourth-order valence-corrected chi connectivity index (χ4v) is 3.22. The van der Waals surface area contributed by atoms with Crippen molar-refractivity contribution in [2.24, 2.45) is 0 Å². The topological polar surface area (TPSA) is 62.7 Å². The van der Waals surface area contributed by atoms with Gasteiger partial charge in [-0.25, -0.2) is 0 Å². The SMILES string of the molecule is CNC(=O)c1cc(Cl)cc2cc(-c3cc(C(F)(F)F)nn3C3CC3)[nH]c12. The van der Waals surface area contributed by atoms with Crippen LogP contribution in [0.5, 0.6) is 0 Å². The lowest BCUT2D eigenvalue weighted by Crippen LogP contribution is -2.18. The molecule has 1 aliphatic rings. The predicted octanol–water partition coefficient (Wildman–Crippen LogP) is 4.40. The van der Waals surface area contributed by atoms with Crippen molar-refractivity contribution in [1.29, 1.82) is 0 Å². The number of carbonyl (C=O) groups excluding carboxylic acids is 1. The molecule has 136 valence electrons. The average molecular weight is 383 g/mol. The van der Waals surface area contributed by atoms with Gasteiger partial charge in [-0.05, 0) is 37.1 Å². The first-order valence-corrected chi connectivity index (χ1v) is 8.37. The molecule has 2 heterocycles. The molecule has 0 saturated heterocycles. The van der Waals surface area contributed by atoms with Crippen LogP contribution in [0.15, 0.2) is 24.3 Å². The van der Waals surface area contributed by atoms with E-state index in [1.54, 1.807) is 12.1 Å². The number of aromatic amines is 1. The second kappa shape index (κ2) is 5.77. The molecule has 2 aromatic heterocycles. The first kappa shape index (κ1) is 17.0. The molecule has 0 radical (unpaired) electrons. The zero-order valence-corrected chi connectivity index (χ0v) is 14.4. The van der Waals surface area contributed by atoms with Crippen molar-refractivity contribution in [3.05, 3.63) is 40.5 Å². The third-order valence-electron chi connectivity index (χ3n) is 4.36. The molecule has 3 aromatic rings. The van der Waals surface area contributed by atoms with Gasteiger partial charge in [0, 0.05) is 17.5 Å². The lowest BCUT2D eigenvalue weighted by Gasteiger charge is -2.04. The minimum atomic E-state index is -4.52. The van der Waals surface area contributed by atoms with Crippen molar-refractivity contribution in [3.8, 4) is 11.4 Å². The Balaban J connectivity index is 1.90. The molecule has 9 heteroatoms. The summed E-state index contributed by atoms with van der Waals surface area (Å²) in [6.45, 7) is 0. The first-order valence-electron chi connectivity index (χ1n) is 7.99. The van der Waals surface area contributed by atoms with E-state index in [9.17, 15) is 18.0 Å². The normalized spacial score (nSPS) is 14.8. The quantitative estimate of drug-likeness (QED) is 0.705. The van der Waals surface area contributed by atoms with Crippen LogP contribution >= 0.6 is 11.6 Å². The summed E-state index contributed by atoms with van der Waals surface area (Å²) < 4.78 is 40.7. The summed E-state index contributed by atoms with van der Waals surface area (Å²) >= 11 is 6.08. The van der Waals surface area contributed by atoms with Crippen molar-refractivity contribution in [2.75, 3.05) is 7.05 Å². The summed E-state index contributed by atoms with van der Waals surface area (Å²) in [5, 5.41) is 7.29. The van der Waals surface area contributed by atoms with E-state index in [2.05, 4.69) is 15.4 Å². The highest BCUT2D eigenvalue weighted by atomic mass is 35.5. The van der Waals surface area contributed by atoms with E-state index in [0.717, 1.165) is 18.9 Å². The zero-order valence-electron chi connectivity index (χ0n) is 13.6. The molecule has 1 aromatic carbocycles. The number of aromatic nitrogens is 3. The second-order valence-electron chi connectivity index (χ2n) is 6.27. The summed E-state index contributed by atoms with van der Waals surface area (Å²) in [7, 11) is 1.50. The van der Waals surface area contributed by atoms with Crippen LogP contribution in [0, 0.1) is 0 Å². The van der Waals surface area contributed by atoms with E-state index >= 15 is 0 Å². The van der Waals surface area contributed by atoms with Crippen LogP contribution in [-0.2, 0) is 6.18 Å². The van der Waals surface area contributed by atoms with Crippen LogP contribution in [0.4, 0.5) is 13.2 Å². The maximum atomic E-state index is 13.1. The van der Waals surface area contributed by atoms with Gasteiger partial charge in [-0.15, -0.1) is 0 Å². The number of amides is 1. The molecule has 1 amide bonds. The number of fused-ring (bicyclic) bond motifs is 1. The van der Waals surface area contributed by atoms with Gasteiger partial charge in [-0.2, -0.15) is 18.3 Å². The van der Waals surface area contributed by atoms with Crippen LogP contribution < -0.4 is 5.32 Å². The van der Waals surface area contributed by atoms with Gasteiger partial charge in [0.2, 0.25) is 0 Å². The molecule has 2 N–H and O–H groups in total. The van der Waals surface area contributed by atoms with E-state index in [1.807, 2.05) is 0 Å². The molecule has 1 fully saturated rings. The zero-order chi connectivity index (χ0) is 18.6. The van der Waals surface area contributed by atoms with Gasteiger partial charge in [0.1, 0.15) is 0 Å². The lowest BCUT2D eigenvalue weighted by atomic mass is 10.1. The Kier molecular flexibility index (Phi) is 3.76. The number of alkyl halides is 3. The monoisotopic (exact) mass is 382 g/mol. The van der Waals surface area contributed by atoms with Crippen LogP contribution in [0.3, 0.4) is 0 Å². The number of hydrogen-bond donors (Lipinski definition) is 2. The summed E-state index contributed by atoms with van der Waals surface area (Å²) in [6, 6.07) is 5.86. The Morgan fingerprint density at radius 3 is 2.65 bits per heavy atom. The van der Waals surface area contributed by atoms with Gasteiger partial charge < -0.3 is 10.3 Å². The number of hydrogen-bond acceptors (Lipinski definition) is 2. The molecular weight excluding hydrogens is 369 g/mol. The number of halogens is 4. The molecule has 1 aliphatic carbocycles. The molecule has 0 atom stereocenters. The highest BCUT2D eigenvalue weighted by Crippen LogP contribution is 2.41. The number of H-pyrrole nitrogens is 1. The fourth-order valence-electron chi connectivity index (χ4n) is 2.99. The van der Waals surface area contributed by atoms with Gasteiger partial charge in [0.25, 0.3) is 5.91 Å². The Morgan fingerprint density at radius 2 is 2.04 bits per heavy atom. The van der Waals surface area contributed by atoms with Gasteiger partial charge in [-0.3, -0.25) is 9.48 Å². The molecule has 26 heavy (non-hydrogen) atoms. The summed E-state index contributed by atoms with van der Waals surface area (Å²) in [4.78, 5) is 15.2. The predicted molar refractivity (Wildman–Crippen MR) is 91.2 cm³/mol. The Labute approximate surface area is 151 Å². The summed E-state index contributed by atoms with van der Waals surface area (Å²) in [5.74, 6) is -0.336. The van der Waals surface area contributed by atoms with Crippen LogP contribution in [-0.4, -0.2) is 27.7 Å². The van der Waals surface area contributed by atoms with E-state index in [-0.39, 0.29) is 11.9 Å². The smallest absolute Gasteiger partial charge is 0.355 e. The molecule has 0 spiro atoms. The average Bonchev–Trinajstić information content (AvgIpc) is 3.16. The van der Waals surface area contributed by atoms with Crippen LogP contribution in [0.25, 0.3) is 22.3 Å². The standard InChI is InChI=1S/C17H14ClF3N4O/c1-22-16(26)11-6-9(18)4-8-5-12(23-15(8)11)13-7-14(17(19,20)21)24-25(13)10-2-3-10/h4-7,10,23H,2-3H2,1H3,(H,22,26). The Bertz CT molecular complexity index is 1020. The lowest BCUT2D eigenvalue weighted by molar-refractivity contribution is -0.141. The van der Waals surface area contributed by atoms with Gasteiger partial charge in [0.15, 0.2) is 5.69 Å². The number of nitrogens with one attached hydrogen (secondary N) is 2. The molecule has 0 unspecified atom stereocenters. The van der Waals surface area contributed by atoms with Crippen molar-refractivity contribution in [3.63, 3.8) is 0 Å². The second-order valence-corrected chi connectivity index (χ2v) is 6.70. The minimum absolute atomic E-state index is 0.0329. The van der Waals surface area contributed by atoms with E-state index < -0.39 is 11.9 Å². The number of carbonyl (C=O) groups is 1. The highest BCUT2D eigenvalue weighted by Gasteiger charge is 2.38. The van der Waals surface area contributed by atoms with Crippen LogP contribution in [0.2, 0.25) is 5.02 Å². The van der Waals surface area contributed by atoms with Gasteiger partial charge in [0.05, 0.1) is 28.5 Å². The Hall–Kier alpha value is -2.48. The van der Waals surface area contributed by atoms with E-state index in [4.69, 9.17) is 11.6 Å².